The average molecular weight is 291 g/mol. The number of ether oxygens (including phenoxy) is 2. The van der Waals surface area contributed by atoms with Crippen LogP contribution in [0.4, 0.5) is 0 Å². The molecule has 0 aromatic heterocycles. The fourth-order valence-electron chi connectivity index (χ4n) is 2.56. The van der Waals surface area contributed by atoms with Gasteiger partial charge in [0.1, 0.15) is 0 Å². The molecule has 1 aromatic carbocycles. The lowest BCUT2D eigenvalue weighted by atomic mass is 10.0. The van der Waals surface area contributed by atoms with Gasteiger partial charge in [0, 0.05) is 6.04 Å². The first-order valence-corrected chi connectivity index (χ1v) is 7.83. The van der Waals surface area contributed by atoms with Gasteiger partial charge >= 0.3 is 0 Å². The van der Waals surface area contributed by atoms with Crippen LogP contribution in [0.3, 0.4) is 0 Å². The second-order valence-electron chi connectivity index (χ2n) is 5.45. The van der Waals surface area contributed by atoms with E-state index in [1.54, 1.807) is 0 Å². The minimum atomic E-state index is -0.449. The SMILES string of the molecule is CCC[C@H](CCc1ccccc1)NC(=O)[C@@H]1COCCO1. The van der Waals surface area contributed by atoms with E-state index < -0.39 is 6.10 Å². The van der Waals surface area contributed by atoms with Crippen LogP contribution in [0.15, 0.2) is 30.3 Å². The lowest BCUT2D eigenvalue weighted by Crippen LogP contribution is -2.46. The number of aryl methyl sites for hydroxylation is 1. The Morgan fingerprint density at radius 1 is 1.29 bits per heavy atom. The van der Waals surface area contributed by atoms with Crippen LogP contribution in [0.2, 0.25) is 0 Å². The maximum absolute atomic E-state index is 12.2. The van der Waals surface area contributed by atoms with Crippen molar-refractivity contribution in [3.63, 3.8) is 0 Å². The van der Waals surface area contributed by atoms with Crippen molar-refractivity contribution in [3.05, 3.63) is 35.9 Å². The monoisotopic (exact) mass is 291 g/mol. The molecule has 116 valence electrons. The fourth-order valence-corrected chi connectivity index (χ4v) is 2.56. The van der Waals surface area contributed by atoms with Crippen LogP contribution in [-0.4, -0.2) is 37.9 Å². The van der Waals surface area contributed by atoms with E-state index in [1.165, 1.54) is 5.56 Å². The zero-order chi connectivity index (χ0) is 14.9. The first kappa shape index (κ1) is 16.0. The predicted octanol–water partition coefficient (Wildman–Crippen LogP) is 2.32. The van der Waals surface area contributed by atoms with E-state index in [2.05, 4.69) is 36.5 Å². The van der Waals surface area contributed by atoms with Crippen molar-refractivity contribution in [1.82, 2.24) is 5.32 Å². The maximum Gasteiger partial charge on any atom is 0.251 e. The summed E-state index contributed by atoms with van der Waals surface area (Å²) in [4.78, 5) is 12.2. The third-order valence-corrected chi connectivity index (χ3v) is 3.72. The van der Waals surface area contributed by atoms with Gasteiger partial charge in [0.2, 0.25) is 0 Å². The Hall–Kier alpha value is -1.39. The zero-order valence-electron chi connectivity index (χ0n) is 12.7. The molecule has 1 saturated heterocycles. The van der Waals surface area contributed by atoms with Crippen LogP contribution in [0.1, 0.15) is 31.7 Å². The molecule has 4 nitrogen and oxygen atoms in total. The number of rotatable bonds is 7. The third-order valence-electron chi connectivity index (χ3n) is 3.72. The summed E-state index contributed by atoms with van der Waals surface area (Å²) in [5.41, 5.74) is 1.31. The third kappa shape index (κ3) is 5.48. The van der Waals surface area contributed by atoms with Gasteiger partial charge in [-0.2, -0.15) is 0 Å². The molecule has 1 heterocycles. The molecule has 2 atom stereocenters. The molecule has 0 aliphatic carbocycles. The predicted molar refractivity (Wildman–Crippen MR) is 82.2 cm³/mol. The highest BCUT2D eigenvalue weighted by molar-refractivity contribution is 5.81. The Bertz CT molecular complexity index is 415. The van der Waals surface area contributed by atoms with Gasteiger partial charge in [-0.05, 0) is 24.8 Å². The lowest BCUT2D eigenvalue weighted by molar-refractivity contribution is -0.148. The zero-order valence-corrected chi connectivity index (χ0v) is 12.7. The Morgan fingerprint density at radius 2 is 2.10 bits per heavy atom. The van der Waals surface area contributed by atoms with Crippen molar-refractivity contribution in [2.75, 3.05) is 19.8 Å². The van der Waals surface area contributed by atoms with Crippen LogP contribution < -0.4 is 5.32 Å². The van der Waals surface area contributed by atoms with Crippen LogP contribution >= 0.6 is 0 Å². The van der Waals surface area contributed by atoms with Crippen LogP contribution in [0.5, 0.6) is 0 Å². The minimum Gasteiger partial charge on any atom is -0.376 e. The number of benzene rings is 1. The summed E-state index contributed by atoms with van der Waals surface area (Å²) < 4.78 is 10.7. The van der Waals surface area contributed by atoms with E-state index in [9.17, 15) is 4.79 Å². The molecule has 2 rings (SSSR count). The Morgan fingerprint density at radius 3 is 2.76 bits per heavy atom. The highest BCUT2D eigenvalue weighted by atomic mass is 16.6. The van der Waals surface area contributed by atoms with Gasteiger partial charge in [0.05, 0.1) is 19.8 Å². The largest absolute Gasteiger partial charge is 0.376 e. The van der Waals surface area contributed by atoms with E-state index in [-0.39, 0.29) is 11.9 Å². The van der Waals surface area contributed by atoms with Crippen molar-refractivity contribution < 1.29 is 14.3 Å². The summed E-state index contributed by atoms with van der Waals surface area (Å²) in [6.45, 7) is 3.59. The Kier molecular flexibility index (Phi) is 6.70. The van der Waals surface area contributed by atoms with Gasteiger partial charge in [0.25, 0.3) is 5.91 Å². The molecule has 0 unspecified atom stereocenters. The molecule has 0 saturated carbocycles. The molecule has 1 aliphatic heterocycles. The topological polar surface area (TPSA) is 47.6 Å². The fraction of sp³-hybridized carbons (Fsp3) is 0.588. The molecule has 1 aromatic rings. The van der Waals surface area contributed by atoms with Gasteiger partial charge < -0.3 is 14.8 Å². The summed E-state index contributed by atoms with van der Waals surface area (Å²) in [5.74, 6) is -0.0405. The van der Waals surface area contributed by atoms with Gasteiger partial charge in [0.15, 0.2) is 6.10 Å². The summed E-state index contributed by atoms with van der Waals surface area (Å²) in [5, 5.41) is 3.11. The number of hydrogen-bond donors (Lipinski definition) is 1. The number of carbonyl (C=O) groups is 1. The van der Waals surface area contributed by atoms with E-state index in [0.717, 1.165) is 25.7 Å². The van der Waals surface area contributed by atoms with E-state index in [1.807, 2.05) is 6.07 Å². The first-order chi connectivity index (χ1) is 10.3. The van der Waals surface area contributed by atoms with Crippen LogP contribution in [0.25, 0.3) is 0 Å². The molecule has 1 N–H and O–H groups in total. The van der Waals surface area contributed by atoms with Crippen molar-refractivity contribution in [2.45, 2.75) is 44.8 Å². The number of carbonyl (C=O) groups excluding carboxylic acids is 1. The standard InChI is InChI=1S/C17H25NO3/c1-2-6-15(10-9-14-7-4-3-5-8-14)18-17(19)16-13-20-11-12-21-16/h3-5,7-8,15-16H,2,6,9-13H2,1H3,(H,18,19)/t15-,16+/m1/s1. The minimum absolute atomic E-state index is 0.0405. The molecule has 21 heavy (non-hydrogen) atoms. The number of nitrogens with one attached hydrogen (secondary N) is 1. The van der Waals surface area contributed by atoms with Crippen LogP contribution in [-0.2, 0) is 20.7 Å². The maximum atomic E-state index is 12.2. The molecular formula is C17H25NO3. The van der Waals surface area contributed by atoms with Gasteiger partial charge in [-0.15, -0.1) is 0 Å². The molecule has 0 bridgehead atoms. The smallest absolute Gasteiger partial charge is 0.251 e. The number of amides is 1. The number of hydrogen-bond acceptors (Lipinski definition) is 3. The normalized spacial score (nSPS) is 20.0. The van der Waals surface area contributed by atoms with Gasteiger partial charge in [-0.25, -0.2) is 0 Å². The summed E-state index contributed by atoms with van der Waals surface area (Å²) in [6, 6.07) is 10.6. The average Bonchev–Trinajstić information content (AvgIpc) is 2.54. The molecular weight excluding hydrogens is 266 g/mol. The van der Waals surface area contributed by atoms with Crippen molar-refractivity contribution in [3.8, 4) is 0 Å². The molecule has 0 radical (unpaired) electrons. The summed E-state index contributed by atoms with van der Waals surface area (Å²) in [6.07, 6.45) is 3.54. The second-order valence-corrected chi connectivity index (χ2v) is 5.45. The van der Waals surface area contributed by atoms with Crippen molar-refractivity contribution in [2.24, 2.45) is 0 Å². The summed E-state index contributed by atoms with van der Waals surface area (Å²) in [7, 11) is 0. The summed E-state index contributed by atoms with van der Waals surface area (Å²) >= 11 is 0. The molecule has 0 spiro atoms. The van der Waals surface area contributed by atoms with Crippen LogP contribution in [0, 0.1) is 0 Å². The van der Waals surface area contributed by atoms with Gasteiger partial charge in [-0.1, -0.05) is 43.7 Å². The highest BCUT2D eigenvalue weighted by Gasteiger charge is 2.24. The molecule has 1 amide bonds. The highest BCUT2D eigenvalue weighted by Crippen LogP contribution is 2.10. The van der Waals surface area contributed by atoms with E-state index in [4.69, 9.17) is 9.47 Å². The van der Waals surface area contributed by atoms with Gasteiger partial charge in [-0.3, -0.25) is 4.79 Å². The molecule has 4 heteroatoms. The first-order valence-electron chi connectivity index (χ1n) is 7.83. The second kappa shape index (κ2) is 8.80. The quantitative estimate of drug-likeness (QED) is 0.838. The van der Waals surface area contributed by atoms with E-state index in [0.29, 0.717) is 19.8 Å². The van der Waals surface area contributed by atoms with Crippen molar-refractivity contribution >= 4 is 5.91 Å². The van der Waals surface area contributed by atoms with E-state index >= 15 is 0 Å². The lowest BCUT2D eigenvalue weighted by Gasteiger charge is -2.25. The Labute approximate surface area is 126 Å². The van der Waals surface area contributed by atoms with Crippen molar-refractivity contribution in [1.29, 1.82) is 0 Å². The molecule has 1 aliphatic rings. The Balaban J connectivity index is 1.81. The molecule has 1 fully saturated rings.